The summed E-state index contributed by atoms with van der Waals surface area (Å²) in [5.41, 5.74) is 0.837. The maximum Gasteiger partial charge on any atom is 0.322 e. The average Bonchev–Trinajstić information content (AvgIpc) is 2.55. The van der Waals surface area contributed by atoms with E-state index in [1.165, 1.54) is 23.1 Å². The molecule has 0 spiro atoms. The molecule has 0 radical (unpaired) electrons. The summed E-state index contributed by atoms with van der Waals surface area (Å²) >= 11 is 0. The van der Waals surface area contributed by atoms with Crippen molar-refractivity contribution in [1.29, 1.82) is 0 Å². The van der Waals surface area contributed by atoms with Crippen molar-refractivity contribution < 1.29 is 13.9 Å². The average molecular weight is 314 g/mol. The number of nitrogens with zero attached hydrogens (tertiary/aromatic N) is 3. The molecular formula is C16H15FN4O2. The zero-order valence-electron chi connectivity index (χ0n) is 12.5. The third-order valence-corrected chi connectivity index (χ3v) is 2.86. The van der Waals surface area contributed by atoms with Gasteiger partial charge in [-0.15, -0.1) is 6.42 Å². The fourth-order valence-electron chi connectivity index (χ4n) is 1.78. The fraction of sp³-hybridized carbons (Fsp3) is 0.188. The van der Waals surface area contributed by atoms with Gasteiger partial charge in [-0.3, -0.25) is 9.97 Å². The van der Waals surface area contributed by atoms with Crippen LogP contribution in [0.1, 0.15) is 5.69 Å². The van der Waals surface area contributed by atoms with E-state index in [-0.39, 0.29) is 18.8 Å². The standard InChI is InChI=1S/C16H15FN4O2/c1-3-8-23-15-5-4-12(17)9-14(15)20-16(22)21(2)11-13-10-18-6-7-19-13/h1,4-7,9-10H,8,11H2,2H3,(H,20,22). The summed E-state index contributed by atoms with van der Waals surface area (Å²) in [6.07, 6.45) is 9.79. The maximum atomic E-state index is 13.4. The molecule has 0 bridgehead atoms. The van der Waals surface area contributed by atoms with Crippen molar-refractivity contribution >= 4 is 11.7 Å². The number of benzene rings is 1. The number of nitrogens with one attached hydrogen (secondary N) is 1. The number of carbonyl (C=O) groups is 1. The van der Waals surface area contributed by atoms with E-state index in [0.717, 1.165) is 0 Å². The zero-order valence-corrected chi connectivity index (χ0v) is 12.5. The van der Waals surface area contributed by atoms with Gasteiger partial charge >= 0.3 is 6.03 Å². The first-order chi connectivity index (χ1) is 11.1. The van der Waals surface area contributed by atoms with Gasteiger partial charge in [-0.1, -0.05) is 5.92 Å². The summed E-state index contributed by atoms with van der Waals surface area (Å²) in [6, 6.07) is 3.36. The normalized spacial score (nSPS) is 9.78. The highest BCUT2D eigenvalue weighted by atomic mass is 19.1. The van der Waals surface area contributed by atoms with Crippen molar-refractivity contribution in [1.82, 2.24) is 14.9 Å². The maximum absolute atomic E-state index is 13.4. The molecule has 1 aromatic heterocycles. The molecule has 0 unspecified atom stereocenters. The van der Waals surface area contributed by atoms with Gasteiger partial charge in [0.2, 0.25) is 0 Å². The van der Waals surface area contributed by atoms with Crippen molar-refractivity contribution in [2.45, 2.75) is 6.54 Å². The van der Waals surface area contributed by atoms with Crippen LogP contribution in [0.4, 0.5) is 14.9 Å². The van der Waals surface area contributed by atoms with Crippen LogP contribution >= 0.6 is 0 Å². The summed E-state index contributed by atoms with van der Waals surface area (Å²) in [6.45, 7) is 0.277. The number of ether oxygens (including phenoxy) is 1. The number of anilines is 1. The van der Waals surface area contributed by atoms with Crippen LogP contribution in [0.2, 0.25) is 0 Å². The molecule has 0 atom stereocenters. The van der Waals surface area contributed by atoms with Gasteiger partial charge in [0.15, 0.2) is 0 Å². The van der Waals surface area contributed by atoms with Gasteiger partial charge in [-0.25, -0.2) is 9.18 Å². The Bertz CT molecular complexity index is 716. The lowest BCUT2D eigenvalue weighted by Gasteiger charge is -2.18. The second-order valence-corrected chi connectivity index (χ2v) is 4.62. The Morgan fingerprint density at radius 1 is 1.48 bits per heavy atom. The van der Waals surface area contributed by atoms with Gasteiger partial charge < -0.3 is 15.0 Å². The third-order valence-electron chi connectivity index (χ3n) is 2.86. The highest BCUT2D eigenvalue weighted by Gasteiger charge is 2.14. The summed E-state index contributed by atoms with van der Waals surface area (Å²) in [5.74, 6) is 2.11. The van der Waals surface area contributed by atoms with Crippen molar-refractivity contribution in [3.05, 3.63) is 48.3 Å². The molecule has 6 nitrogen and oxygen atoms in total. The molecule has 0 aliphatic carbocycles. The molecule has 0 saturated heterocycles. The zero-order chi connectivity index (χ0) is 16.7. The predicted molar refractivity (Wildman–Crippen MR) is 83.2 cm³/mol. The minimum atomic E-state index is -0.495. The van der Waals surface area contributed by atoms with Gasteiger partial charge in [-0.2, -0.15) is 0 Å². The lowest BCUT2D eigenvalue weighted by molar-refractivity contribution is 0.220. The number of urea groups is 1. The van der Waals surface area contributed by atoms with Crippen LogP contribution in [0.3, 0.4) is 0 Å². The number of hydrogen-bond acceptors (Lipinski definition) is 4. The Morgan fingerprint density at radius 2 is 2.30 bits per heavy atom. The molecule has 23 heavy (non-hydrogen) atoms. The van der Waals surface area contributed by atoms with Crippen molar-refractivity contribution in [3.8, 4) is 18.1 Å². The van der Waals surface area contributed by atoms with E-state index in [2.05, 4.69) is 21.2 Å². The van der Waals surface area contributed by atoms with Gasteiger partial charge in [0.25, 0.3) is 0 Å². The number of aromatic nitrogens is 2. The second-order valence-electron chi connectivity index (χ2n) is 4.62. The Kier molecular flexibility index (Phi) is 5.47. The van der Waals surface area contributed by atoms with Crippen LogP contribution in [0, 0.1) is 18.2 Å². The Labute approximate surface area is 133 Å². The predicted octanol–water partition coefficient (Wildman–Crippen LogP) is 2.29. The molecular weight excluding hydrogens is 299 g/mol. The number of terminal acetylenes is 1. The molecule has 2 amide bonds. The highest BCUT2D eigenvalue weighted by Crippen LogP contribution is 2.25. The summed E-state index contributed by atoms with van der Waals surface area (Å²) in [5, 5.41) is 2.59. The van der Waals surface area contributed by atoms with Crippen LogP contribution in [-0.4, -0.2) is 34.6 Å². The smallest absolute Gasteiger partial charge is 0.322 e. The quantitative estimate of drug-likeness (QED) is 0.860. The third kappa shape index (κ3) is 4.68. The van der Waals surface area contributed by atoms with Crippen LogP contribution in [-0.2, 0) is 6.54 Å². The fourth-order valence-corrected chi connectivity index (χ4v) is 1.78. The van der Waals surface area contributed by atoms with E-state index in [9.17, 15) is 9.18 Å². The van der Waals surface area contributed by atoms with E-state index in [1.54, 1.807) is 25.6 Å². The number of halogens is 1. The Morgan fingerprint density at radius 3 is 3.00 bits per heavy atom. The van der Waals surface area contributed by atoms with E-state index in [0.29, 0.717) is 11.4 Å². The molecule has 0 saturated carbocycles. The van der Waals surface area contributed by atoms with E-state index >= 15 is 0 Å². The molecule has 2 rings (SSSR count). The van der Waals surface area contributed by atoms with Crippen LogP contribution in [0.15, 0.2) is 36.8 Å². The summed E-state index contributed by atoms with van der Waals surface area (Å²) in [7, 11) is 1.59. The Balaban J connectivity index is 2.07. The van der Waals surface area contributed by atoms with Crippen molar-refractivity contribution in [3.63, 3.8) is 0 Å². The topological polar surface area (TPSA) is 67.3 Å². The SMILES string of the molecule is C#CCOc1ccc(F)cc1NC(=O)N(C)Cc1cnccn1. The van der Waals surface area contributed by atoms with Gasteiger partial charge in [0.05, 0.1) is 24.1 Å². The molecule has 118 valence electrons. The van der Waals surface area contributed by atoms with E-state index in [1.807, 2.05) is 0 Å². The molecule has 0 fully saturated rings. The monoisotopic (exact) mass is 314 g/mol. The van der Waals surface area contributed by atoms with Gasteiger partial charge in [0, 0.05) is 25.5 Å². The lowest BCUT2D eigenvalue weighted by atomic mass is 10.3. The molecule has 1 aromatic carbocycles. The van der Waals surface area contributed by atoms with Crippen LogP contribution < -0.4 is 10.1 Å². The van der Waals surface area contributed by atoms with Crippen molar-refractivity contribution in [2.24, 2.45) is 0 Å². The van der Waals surface area contributed by atoms with Gasteiger partial charge in [-0.05, 0) is 12.1 Å². The summed E-state index contributed by atoms with van der Waals surface area (Å²) < 4.78 is 18.7. The molecule has 7 heteroatoms. The number of carbonyl (C=O) groups excluding carboxylic acids is 1. The van der Waals surface area contributed by atoms with Crippen LogP contribution in [0.25, 0.3) is 0 Å². The molecule has 1 N–H and O–H groups in total. The number of amides is 2. The van der Waals surface area contributed by atoms with E-state index < -0.39 is 11.8 Å². The van der Waals surface area contributed by atoms with Gasteiger partial charge in [0.1, 0.15) is 18.2 Å². The second kappa shape index (κ2) is 7.75. The lowest BCUT2D eigenvalue weighted by Crippen LogP contribution is -2.31. The molecule has 2 aromatic rings. The van der Waals surface area contributed by atoms with Crippen molar-refractivity contribution in [2.75, 3.05) is 19.0 Å². The first-order valence-corrected chi connectivity index (χ1v) is 6.73. The highest BCUT2D eigenvalue weighted by molar-refractivity contribution is 5.90. The number of hydrogen-bond donors (Lipinski definition) is 1. The van der Waals surface area contributed by atoms with E-state index in [4.69, 9.17) is 11.2 Å². The molecule has 1 heterocycles. The first-order valence-electron chi connectivity index (χ1n) is 6.73. The molecule has 0 aliphatic rings. The first kappa shape index (κ1) is 16.2. The number of rotatable bonds is 5. The summed E-state index contributed by atoms with van der Waals surface area (Å²) in [4.78, 5) is 21.6. The Hall–Kier alpha value is -3.14. The largest absolute Gasteiger partial charge is 0.479 e. The minimum absolute atomic E-state index is 0.0178. The minimum Gasteiger partial charge on any atom is -0.479 e. The van der Waals surface area contributed by atoms with Crippen LogP contribution in [0.5, 0.6) is 5.75 Å². The molecule has 0 aliphatic heterocycles.